The first-order valence-electron chi connectivity index (χ1n) is 7.95. The van der Waals surface area contributed by atoms with Crippen molar-refractivity contribution >= 4 is 27.3 Å². The Kier molecular flexibility index (Phi) is 3.38. The van der Waals surface area contributed by atoms with Crippen LogP contribution in [0.1, 0.15) is 21.5 Å². The van der Waals surface area contributed by atoms with Crippen molar-refractivity contribution < 1.29 is 13.2 Å². The van der Waals surface area contributed by atoms with Crippen molar-refractivity contribution in [2.75, 3.05) is 28.6 Å². The van der Waals surface area contributed by atoms with Crippen LogP contribution in [0.3, 0.4) is 0 Å². The summed E-state index contributed by atoms with van der Waals surface area (Å²) in [4.78, 5) is 14.7. The molecule has 0 N–H and O–H groups in total. The Morgan fingerprint density at radius 3 is 2.50 bits per heavy atom. The van der Waals surface area contributed by atoms with Gasteiger partial charge in [0.15, 0.2) is 0 Å². The minimum absolute atomic E-state index is 0.0273. The van der Waals surface area contributed by atoms with Gasteiger partial charge in [0, 0.05) is 24.3 Å². The van der Waals surface area contributed by atoms with E-state index in [0.29, 0.717) is 30.8 Å². The van der Waals surface area contributed by atoms with Crippen LogP contribution in [0, 0.1) is 0 Å². The van der Waals surface area contributed by atoms with Gasteiger partial charge < -0.3 is 4.90 Å². The van der Waals surface area contributed by atoms with E-state index in [9.17, 15) is 13.2 Å². The van der Waals surface area contributed by atoms with Crippen LogP contribution in [0.5, 0.6) is 0 Å². The molecule has 0 atom stereocenters. The third-order valence-corrected chi connectivity index (χ3v) is 5.89. The lowest BCUT2D eigenvalue weighted by Crippen LogP contribution is -2.29. The first-order chi connectivity index (χ1) is 11.4. The third-order valence-electron chi connectivity index (χ3n) is 4.71. The predicted octanol–water partition coefficient (Wildman–Crippen LogP) is 2.21. The van der Waals surface area contributed by atoms with Crippen molar-refractivity contribution in [3.05, 3.63) is 59.2 Å². The maximum absolute atomic E-state index is 12.9. The van der Waals surface area contributed by atoms with E-state index >= 15 is 0 Å². The second-order valence-electron chi connectivity index (χ2n) is 6.26. The molecule has 2 heterocycles. The maximum Gasteiger partial charge on any atom is 0.258 e. The van der Waals surface area contributed by atoms with E-state index in [-0.39, 0.29) is 5.91 Å². The normalized spacial score (nSPS) is 16.2. The number of fused-ring (bicyclic) bond motifs is 2. The van der Waals surface area contributed by atoms with Crippen molar-refractivity contribution in [2.45, 2.75) is 12.8 Å². The fourth-order valence-electron chi connectivity index (χ4n) is 3.55. The van der Waals surface area contributed by atoms with E-state index in [2.05, 4.69) is 6.07 Å². The van der Waals surface area contributed by atoms with Crippen LogP contribution in [0.15, 0.2) is 42.5 Å². The summed E-state index contributed by atoms with van der Waals surface area (Å²) in [5.74, 6) is -0.0273. The van der Waals surface area contributed by atoms with E-state index < -0.39 is 10.0 Å². The van der Waals surface area contributed by atoms with E-state index in [0.717, 1.165) is 17.7 Å². The highest BCUT2D eigenvalue weighted by molar-refractivity contribution is 7.92. The number of hydrogen-bond acceptors (Lipinski definition) is 3. The van der Waals surface area contributed by atoms with Gasteiger partial charge in [-0.05, 0) is 48.2 Å². The second-order valence-corrected chi connectivity index (χ2v) is 8.17. The Hall–Kier alpha value is -2.34. The summed E-state index contributed by atoms with van der Waals surface area (Å²) in [7, 11) is -3.27. The van der Waals surface area contributed by atoms with Gasteiger partial charge in [-0.25, -0.2) is 8.42 Å². The molecule has 2 aromatic carbocycles. The molecule has 24 heavy (non-hydrogen) atoms. The van der Waals surface area contributed by atoms with Crippen molar-refractivity contribution in [1.82, 2.24) is 0 Å². The number of carbonyl (C=O) groups is 1. The molecule has 0 saturated heterocycles. The van der Waals surface area contributed by atoms with Crippen LogP contribution in [0.4, 0.5) is 11.4 Å². The van der Waals surface area contributed by atoms with Gasteiger partial charge in [-0.15, -0.1) is 0 Å². The van der Waals surface area contributed by atoms with Crippen molar-refractivity contribution in [1.29, 1.82) is 0 Å². The highest BCUT2D eigenvalue weighted by Gasteiger charge is 2.29. The monoisotopic (exact) mass is 342 g/mol. The summed E-state index contributed by atoms with van der Waals surface area (Å²) in [5, 5.41) is 0. The SMILES string of the molecule is CS(=O)(=O)N1CCc2cc(C(=O)N3CCc4ccccc43)ccc21. The first-order valence-corrected chi connectivity index (χ1v) is 9.80. The lowest BCUT2D eigenvalue weighted by molar-refractivity contribution is 0.0989. The molecule has 2 aliphatic heterocycles. The number of hydrogen-bond donors (Lipinski definition) is 0. The van der Waals surface area contributed by atoms with Crippen LogP contribution >= 0.6 is 0 Å². The number of nitrogens with zero attached hydrogens (tertiary/aromatic N) is 2. The molecule has 5 nitrogen and oxygen atoms in total. The zero-order valence-corrected chi connectivity index (χ0v) is 14.2. The Morgan fingerprint density at radius 2 is 1.71 bits per heavy atom. The third kappa shape index (κ3) is 2.38. The molecule has 0 fully saturated rings. The fourth-order valence-corrected chi connectivity index (χ4v) is 4.51. The zero-order valence-electron chi connectivity index (χ0n) is 13.4. The highest BCUT2D eigenvalue weighted by atomic mass is 32.2. The fraction of sp³-hybridized carbons (Fsp3) is 0.278. The Labute approximate surface area is 141 Å². The number of sulfonamides is 1. The maximum atomic E-state index is 12.9. The average molecular weight is 342 g/mol. The second kappa shape index (κ2) is 5.34. The van der Waals surface area contributed by atoms with Crippen LogP contribution in [-0.4, -0.2) is 33.7 Å². The molecule has 0 aliphatic carbocycles. The Morgan fingerprint density at radius 1 is 0.958 bits per heavy atom. The lowest BCUT2D eigenvalue weighted by Gasteiger charge is -2.19. The van der Waals surface area contributed by atoms with Gasteiger partial charge in [-0.1, -0.05) is 18.2 Å². The molecule has 2 aliphatic rings. The summed E-state index contributed by atoms with van der Waals surface area (Å²) < 4.78 is 25.0. The Bertz CT molecular complexity index is 937. The van der Waals surface area contributed by atoms with E-state index in [1.165, 1.54) is 16.1 Å². The van der Waals surface area contributed by atoms with Crippen molar-refractivity contribution in [3.8, 4) is 0 Å². The van der Waals surface area contributed by atoms with Gasteiger partial charge in [0.25, 0.3) is 5.91 Å². The summed E-state index contributed by atoms with van der Waals surface area (Å²) in [6, 6.07) is 13.3. The largest absolute Gasteiger partial charge is 0.308 e. The molecule has 6 heteroatoms. The van der Waals surface area contributed by atoms with Crippen LogP contribution in [-0.2, 0) is 22.9 Å². The van der Waals surface area contributed by atoms with Crippen LogP contribution < -0.4 is 9.21 Å². The van der Waals surface area contributed by atoms with Crippen LogP contribution in [0.2, 0.25) is 0 Å². The van der Waals surface area contributed by atoms with E-state index in [4.69, 9.17) is 0 Å². The number of carbonyl (C=O) groups excluding carboxylic acids is 1. The number of anilines is 2. The summed E-state index contributed by atoms with van der Waals surface area (Å²) in [6.45, 7) is 1.13. The predicted molar refractivity (Wildman–Crippen MR) is 94.2 cm³/mol. The molecular formula is C18H18N2O3S. The quantitative estimate of drug-likeness (QED) is 0.841. The molecule has 0 unspecified atom stereocenters. The molecule has 124 valence electrons. The first kappa shape index (κ1) is 15.2. The van der Waals surface area contributed by atoms with Gasteiger partial charge in [-0.3, -0.25) is 9.10 Å². The molecule has 1 amide bonds. The van der Waals surface area contributed by atoms with Gasteiger partial charge in [0.1, 0.15) is 0 Å². The van der Waals surface area contributed by atoms with E-state index in [1.807, 2.05) is 24.3 Å². The molecular weight excluding hydrogens is 324 g/mol. The summed E-state index contributed by atoms with van der Waals surface area (Å²) in [6.07, 6.45) is 2.72. The van der Waals surface area contributed by atoms with Crippen LogP contribution in [0.25, 0.3) is 0 Å². The standard InChI is InChI=1S/C18H18N2O3S/c1-24(22,23)20-11-9-14-12-15(6-7-17(14)20)18(21)19-10-8-13-4-2-3-5-16(13)19/h2-7,12H,8-11H2,1H3. The van der Waals surface area contributed by atoms with Gasteiger partial charge >= 0.3 is 0 Å². The molecule has 2 aromatic rings. The Balaban J connectivity index is 1.66. The van der Waals surface area contributed by atoms with Gasteiger partial charge in [-0.2, -0.15) is 0 Å². The topological polar surface area (TPSA) is 57.7 Å². The number of rotatable bonds is 2. The molecule has 0 spiro atoms. The minimum atomic E-state index is -3.27. The van der Waals surface area contributed by atoms with Gasteiger partial charge in [0.05, 0.1) is 11.9 Å². The zero-order chi connectivity index (χ0) is 16.9. The molecule has 0 bridgehead atoms. The number of para-hydroxylation sites is 1. The number of benzene rings is 2. The number of amides is 1. The average Bonchev–Trinajstić information content (AvgIpc) is 3.17. The molecule has 4 rings (SSSR count). The van der Waals surface area contributed by atoms with Crippen molar-refractivity contribution in [2.24, 2.45) is 0 Å². The lowest BCUT2D eigenvalue weighted by atomic mass is 10.1. The summed E-state index contributed by atoms with van der Waals surface area (Å²) >= 11 is 0. The highest BCUT2D eigenvalue weighted by Crippen LogP contribution is 2.33. The minimum Gasteiger partial charge on any atom is -0.308 e. The molecule has 0 aromatic heterocycles. The van der Waals surface area contributed by atoms with Crippen molar-refractivity contribution in [3.63, 3.8) is 0 Å². The molecule has 0 radical (unpaired) electrons. The smallest absolute Gasteiger partial charge is 0.258 e. The van der Waals surface area contributed by atoms with E-state index in [1.54, 1.807) is 17.0 Å². The summed E-state index contributed by atoms with van der Waals surface area (Å²) in [5.41, 5.74) is 4.38. The van der Waals surface area contributed by atoms with Gasteiger partial charge in [0.2, 0.25) is 10.0 Å². The molecule has 0 saturated carbocycles.